The number of pyridine rings is 1. The lowest BCUT2D eigenvalue weighted by Gasteiger charge is -2.15. The average molecular weight is 370 g/mol. The molecule has 0 atom stereocenters. The summed E-state index contributed by atoms with van der Waals surface area (Å²) in [4.78, 5) is 15.0. The molecule has 0 fully saturated rings. The summed E-state index contributed by atoms with van der Waals surface area (Å²) in [6.45, 7) is 0.201. The molecule has 0 bridgehead atoms. The summed E-state index contributed by atoms with van der Waals surface area (Å²) in [5.74, 6) is -4.83. The fraction of sp³-hybridized carbons (Fsp3) is 0.455. The van der Waals surface area contributed by atoms with Crippen LogP contribution >= 0.6 is 22.6 Å². The maximum atomic E-state index is 13.5. The van der Waals surface area contributed by atoms with Gasteiger partial charge in [-0.3, -0.25) is 9.78 Å². The molecule has 0 aliphatic carbocycles. The summed E-state index contributed by atoms with van der Waals surface area (Å²) >= 11 is 2.08. The van der Waals surface area contributed by atoms with Crippen molar-refractivity contribution in [3.63, 3.8) is 0 Å². The molecule has 18 heavy (non-hydrogen) atoms. The molecule has 1 aromatic heterocycles. The van der Waals surface area contributed by atoms with Gasteiger partial charge in [0.2, 0.25) is 0 Å². The number of amides is 1. The zero-order chi connectivity index (χ0) is 13.4. The summed E-state index contributed by atoms with van der Waals surface area (Å²) < 4.78 is 32.7. The third-order valence-electron chi connectivity index (χ3n) is 2.02. The lowest BCUT2D eigenvalue weighted by molar-refractivity contribution is -0.147. The molecule has 0 saturated carbocycles. The largest absolute Gasteiger partial charge is 0.360 e. The molecule has 1 heterocycles. The van der Waals surface area contributed by atoms with Crippen molar-refractivity contribution in [2.45, 2.75) is 12.3 Å². The molecule has 0 saturated heterocycles. The van der Waals surface area contributed by atoms with Gasteiger partial charge in [-0.15, -0.1) is 0 Å². The molecule has 0 radical (unpaired) electrons. The van der Waals surface area contributed by atoms with Gasteiger partial charge in [-0.1, -0.05) is 28.7 Å². The number of hydrogen-bond acceptors (Lipinski definition) is 3. The van der Waals surface area contributed by atoms with Crippen molar-refractivity contribution in [3.05, 3.63) is 30.1 Å². The van der Waals surface area contributed by atoms with Gasteiger partial charge >= 0.3 is 5.92 Å². The van der Waals surface area contributed by atoms with Crippen LogP contribution in [-0.4, -0.2) is 34.6 Å². The van der Waals surface area contributed by atoms with E-state index >= 15 is 0 Å². The maximum Gasteiger partial charge on any atom is 0.330 e. The molecule has 1 amide bonds. The Labute approximate surface area is 117 Å². The monoisotopic (exact) mass is 370 g/mol. The van der Waals surface area contributed by atoms with E-state index in [-0.39, 0.29) is 12.4 Å². The molecule has 0 aliphatic heterocycles. The van der Waals surface area contributed by atoms with Gasteiger partial charge in [0.1, 0.15) is 6.73 Å². The van der Waals surface area contributed by atoms with Crippen molar-refractivity contribution >= 4 is 28.5 Å². The lowest BCUT2D eigenvalue weighted by atomic mass is 10.1. The van der Waals surface area contributed by atoms with Crippen molar-refractivity contribution in [3.8, 4) is 0 Å². The van der Waals surface area contributed by atoms with Crippen LogP contribution < -0.4 is 5.32 Å². The third kappa shape index (κ3) is 5.21. The molecule has 0 aromatic carbocycles. The van der Waals surface area contributed by atoms with Gasteiger partial charge in [0.15, 0.2) is 0 Å². The van der Waals surface area contributed by atoms with E-state index < -0.39 is 18.3 Å². The fourth-order valence-electron chi connectivity index (χ4n) is 1.18. The molecular weight excluding hydrogens is 357 g/mol. The Hall–Kier alpha value is -0.830. The highest BCUT2D eigenvalue weighted by molar-refractivity contribution is 14.1. The number of halogens is 3. The number of carbonyl (C=O) groups is 1. The first-order valence-corrected chi connectivity index (χ1v) is 6.78. The lowest BCUT2D eigenvalue weighted by Crippen LogP contribution is -2.42. The van der Waals surface area contributed by atoms with Crippen LogP contribution in [0.5, 0.6) is 0 Å². The van der Waals surface area contributed by atoms with E-state index in [2.05, 4.69) is 27.6 Å². The topological polar surface area (TPSA) is 51.2 Å². The van der Waals surface area contributed by atoms with Crippen LogP contribution in [-0.2, 0) is 16.0 Å². The Morgan fingerprint density at radius 3 is 2.89 bits per heavy atom. The Balaban J connectivity index is 2.44. The Kier molecular flexibility index (Phi) is 6.41. The zero-order valence-corrected chi connectivity index (χ0v) is 11.7. The predicted octanol–water partition coefficient (Wildman–Crippen LogP) is 1.78. The van der Waals surface area contributed by atoms with Gasteiger partial charge in [-0.25, -0.2) is 0 Å². The number of nitrogens with one attached hydrogen (secondary N) is 1. The second-order valence-electron chi connectivity index (χ2n) is 3.45. The zero-order valence-electron chi connectivity index (χ0n) is 9.54. The predicted molar refractivity (Wildman–Crippen MR) is 70.7 cm³/mol. The molecule has 4 nitrogen and oxygen atoms in total. The minimum atomic E-state index is -3.48. The van der Waals surface area contributed by atoms with Gasteiger partial charge in [0.05, 0.1) is 13.0 Å². The van der Waals surface area contributed by atoms with Crippen LogP contribution in [0.1, 0.15) is 5.69 Å². The number of carbonyl (C=O) groups excluding carboxylic acids is 1. The quantitative estimate of drug-likeness (QED) is 0.345. The molecule has 1 aromatic rings. The second kappa shape index (κ2) is 7.57. The number of rotatable bonds is 7. The van der Waals surface area contributed by atoms with E-state index in [1.54, 1.807) is 12.1 Å². The van der Waals surface area contributed by atoms with Crippen molar-refractivity contribution in [1.82, 2.24) is 10.3 Å². The molecule has 7 heteroatoms. The van der Waals surface area contributed by atoms with Crippen LogP contribution in [0, 0.1) is 0 Å². The molecule has 100 valence electrons. The highest BCUT2D eigenvalue weighted by atomic mass is 127. The fourth-order valence-corrected chi connectivity index (χ4v) is 1.49. The number of alkyl halides is 3. The van der Waals surface area contributed by atoms with Crippen LogP contribution in [0.15, 0.2) is 24.4 Å². The molecule has 0 aliphatic rings. The normalized spacial score (nSPS) is 11.3. The molecular formula is C11H13F2IN2O2. The highest BCUT2D eigenvalue weighted by Crippen LogP contribution is 2.18. The van der Waals surface area contributed by atoms with E-state index in [0.717, 1.165) is 4.43 Å². The minimum absolute atomic E-state index is 0.172. The number of hydrogen-bond donors (Lipinski definition) is 1. The Morgan fingerprint density at radius 2 is 2.28 bits per heavy atom. The standard InChI is InChI=1S/C11H13F2IN2O2/c12-11(13,7-9-3-1-2-5-15-9)10(17)16-8-18-6-4-14/h1-3,5H,4,6-8H2,(H,16,17). The van der Waals surface area contributed by atoms with Crippen molar-refractivity contribution in [2.24, 2.45) is 0 Å². The first-order valence-electron chi connectivity index (χ1n) is 5.26. The molecule has 0 spiro atoms. The van der Waals surface area contributed by atoms with Crippen LogP contribution in [0.25, 0.3) is 0 Å². The average Bonchev–Trinajstić information content (AvgIpc) is 2.35. The Bertz CT molecular complexity index is 377. The molecule has 0 unspecified atom stereocenters. The smallest absolute Gasteiger partial charge is 0.330 e. The van der Waals surface area contributed by atoms with Gasteiger partial charge in [-0.2, -0.15) is 8.78 Å². The maximum absolute atomic E-state index is 13.5. The summed E-state index contributed by atoms with van der Waals surface area (Å²) in [5.41, 5.74) is 0.172. The Morgan fingerprint density at radius 1 is 1.50 bits per heavy atom. The molecule has 1 rings (SSSR count). The number of ether oxygens (including phenoxy) is 1. The summed E-state index contributed by atoms with van der Waals surface area (Å²) in [7, 11) is 0. The van der Waals surface area contributed by atoms with Gasteiger partial charge in [0.25, 0.3) is 5.91 Å². The summed E-state index contributed by atoms with van der Waals surface area (Å²) in [5, 5.41) is 2.04. The first kappa shape index (κ1) is 15.2. The van der Waals surface area contributed by atoms with E-state index in [4.69, 9.17) is 4.74 Å². The third-order valence-corrected chi connectivity index (χ3v) is 2.46. The van der Waals surface area contributed by atoms with Crippen molar-refractivity contribution < 1.29 is 18.3 Å². The van der Waals surface area contributed by atoms with E-state index in [1.807, 2.05) is 5.32 Å². The van der Waals surface area contributed by atoms with Gasteiger partial charge in [0, 0.05) is 16.3 Å². The van der Waals surface area contributed by atoms with Gasteiger partial charge < -0.3 is 10.1 Å². The van der Waals surface area contributed by atoms with Crippen LogP contribution in [0.2, 0.25) is 0 Å². The highest BCUT2D eigenvalue weighted by Gasteiger charge is 2.39. The first-order chi connectivity index (χ1) is 8.56. The second-order valence-corrected chi connectivity index (χ2v) is 4.53. The van der Waals surface area contributed by atoms with E-state index in [0.29, 0.717) is 6.61 Å². The van der Waals surface area contributed by atoms with Gasteiger partial charge in [-0.05, 0) is 12.1 Å². The summed E-state index contributed by atoms with van der Waals surface area (Å²) in [6.07, 6.45) is 0.693. The minimum Gasteiger partial charge on any atom is -0.360 e. The van der Waals surface area contributed by atoms with Crippen LogP contribution in [0.4, 0.5) is 8.78 Å². The van der Waals surface area contributed by atoms with Crippen molar-refractivity contribution in [1.29, 1.82) is 0 Å². The number of nitrogens with zero attached hydrogens (tertiary/aromatic N) is 1. The van der Waals surface area contributed by atoms with Crippen molar-refractivity contribution in [2.75, 3.05) is 17.8 Å². The summed E-state index contributed by atoms with van der Waals surface area (Å²) in [6, 6.07) is 4.67. The number of aromatic nitrogens is 1. The molecule has 1 N–H and O–H groups in total. The SMILES string of the molecule is O=C(NCOCCI)C(F)(F)Cc1ccccn1. The van der Waals surface area contributed by atoms with E-state index in [1.165, 1.54) is 12.3 Å². The van der Waals surface area contributed by atoms with E-state index in [9.17, 15) is 13.6 Å². The van der Waals surface area contributed by atoms with Crippen LogP contribution in [0.3, 0.4) is 0 Å².